The minimum absolute atomic E-state index is 0.164. The van der Waals surface area contributed by atoms with Crippen LogP contribution in [0.1, 0.15) is 22.3 Å². The van der Waals surface area contributed by atoms with Crippen molar-refractivity contribution < 1.29 is 19.5 Å². The Bertz CT molecular complexity index is 607. The number of likely N-dealkylation sites (tertiary alicyclic amines) is 1. The van der Waals surface area contributed by atoms with E-state index in [0.717, 1.165) is 5.56 Å². The zero-order valence-electron chi connectivity index (χ0n) is 12.3. The number of carbonyl (C=O) groups excluding carboxylic acids is 2. The summed E-state index contributed by atoms with van der Waals surface area (Å²) in [5, 5.41) is 11.5. The Labute approximate surface area is 128 Å². The summed E-state index contributed by atoms with van der Waals surface area (Å²) in [7, 11) is 1.56. The molecule has 1 aliphatic rings. The largest absolute Gasteiger partial charge is 0.481 e. The Morgan fingerprint density at radius 2 is 1.95 bits per heavy atom. The molecule has 0 aliphatic carbocycles. The van der Waals surface area contributed by atoms with Gasteiger partial charge in [0, 0.05) is 31.8 Å². The molecule has 1 aromatic carbocycles. The highest BCUT2D eigenvalue weighted by Gasteiger charge is 2.29. The van der Waals surface area contributed by atoms with Crippen LogP contribution in [0.25, 0.3) is 6.08 Å². The first-order chi connectivity index (χ1) is 10.5. The maximum atomic E-state index is 12.0. The van der Waals surface area contributed by atoms with Gasteiger partial charge in [-0.3, -0.25) is 14.4 Å². The van der Waals surface area contributed by atoms with Crippen molar-refractivity contribution in [1.82, 2.24) is 10.2 Å². The maximum Gasteiger partial charge on any atom is 0.308 e. The van der Waals surface area contributed by atoms with E-state index >= 15 is 0 Å². The van der Waals surface area contributed by atoms with Gasteiger partial charge in [-0.15, -0.1) is 0 Å². The summed E-state index contributed by atoms with van der Waals surface area (Å²) in [6, 6.07) is 6.86. The van der Waals surface area contributed by atoms with Gasteiger partial charge in [0.05, 0.1) is 5.92 Å². The molecule has 1 unspecified atom stereocenters. The van der Waals surface area contributed by atoms with Crippen molar-refractivity contribution in [3.05, 3.63) is 41.5 Å². The zero-order valence-corrected chi connectivity index (χ0v) is 12.3. The molecule has 0 radical (unpaired) electrons. The standard InChI is InChI=1S/C16H18N2O4/c1-17-15(20)12-5-2-11(3-6-12)4-7-14(19)18-9-8-13(10-18)16(21)22/h2-7,13H,8-10H2,1H3,(H,17,20)(H,21,22)/b7-4+. The Morgan fingerprint density at radius 1 is 1.27 bits per heavy atom. The second-order valence-electron chi connectivity index (χ2n) is 5.14. The fraction of sp³-hybridized carbons (Fsp3) is 0.312. The van der Waals surface area contributed by atoms with Crippen LogP contribution in [0.2, 0.25) is 0 Å². The third-order valence-electron chi connectivity index (χ3n) is 3.67. The highest BCUT2D eigenvalue weighted by molar-refractivity contribution is 5.95. The molecule has 1 heterocycles. The first kappa shape index (κ1) is 15.8. The second-order valence-corrected chi connectivity index (χ2v) is 5.14. The van der Waals surface area contributed by atoms with Gasteiger partial charge < -0.3 is 15.3 Å². The summed E-state index contributed by atoms with van der Waals surface area (Å²) in [4.78, 5) is 35.8. The number of nitrogens with one attached hydrogen (secondary N) is 1. The predicted molar refractivity (Wildman–Crippen MR) is 81.2 cm³/mol. The number of rotatable bonds is 4. The zero-order chi connectivity index (χ0) is 16.1. The fourth-order valence-electron chi connectivity index (χ4n) is 2.32. The lowest BCUT2D eigenvalue weighted by Crippen LogP contribution is -2.28. The van der Waals surface area contributed by atoms with Crippen molar-refractivity contribution in [2.45, 2.75) is 6.42 Å². The molecule has 2 rings (SSSR count). The molecule has 0 spiro atoms. The molecule has 116 valence electrons. The van der Waals surface area contributed by atoms with E-state index in [-0.39, 0.29) is 18.4 Å². The van der Waals surface area contributed by atoms with Crippen LogP contribution < -0.4 is 5.32 Å². The molecule has 1 aromatic rings. The molecule has 1 atom stereocenters. The van der Waals surface area contributed by atoms with Crippen molar-refractivity contribution in [3.8, 4) is 0 Å². The number of carboxylic acids is 1. The van der Waals surface area contributed by atoms with Crippen molar-refractivity contribution in [2.75, 3.05) is 20.1 Å². The highest BCUT2D eigenvalue weighted by Crippen LogP contribution is 2.17. The first-order valence-corrected chi connectivity index (χ1v) is 7.03. The number of carbonyl (C=O) groups is 3. The molecule has 2 N–H and O–H groups in total. The SMILES string of the molecule is CNC(=O)c1ccc(/C=C/C(=O)N2CCC(C(=O)O)C2)cc1. The number of hydrogen-bond donors (Lipinski definition) is 2. The molecular weight excluding hydrogens is 284 g/mol. The van der Waals surface area contributed by atoms with E-state index in [1.165, 1.54) is 11.0 Å². The fourth-order valence-corrected chi connectivity index (χ4v) is 2.32. The molecule has 0 aromatic heterocycles. The van der Waals surface area contributed by atoms with Crippen LogP contribution >= 0.6 is 0 Å². The lowest BCUT2D eigenvalue weighted by Gasteiger charge is -2.12. The summed E-state index contributed by atoms with van der Waals surface area (Å²) in [5.74, 6) is -1.68. The quantitative estimate of drug-likeness (QED) is 0.812. The molecule has 0 saturated carbocycles. The van der Waals surface area contributed by atoms with Gasteiger partial charge in [-0.05, 0) is 30.2 Å². The lowest BCUT2D eigenvalue weighted by molar-refractivity contribution is -0.141. The monoisotopic (exact) mass is 302 g/mol. The van der Waals surface area contributed by atoms with Crippen molar-refractivity contribution in [3.63, 3.8) is 0 Å². The molecule has 22 heavy (non-hydrogen) atoms. The molecule has 1 fully saturated rings. The van der Waals surface area contributed by atoms with Gasteiger partial charge >= 0.3 is 5.97 Å². The second kappa shape index (κ2) is 6.89. The van der Waals surface area contributed by atoms with Gasteiger partial charge in [0.25, 0.3) is 5.91 Å². The Balaban J connectivity index is 1.95. The molecule has 2 amide bonds. The minimum Gasteiger partial charge on any atom is -0.481 e. The molecule has 1 aliphatic heterocycles. The van der Waals surface area contributed by atoms with Gasteiger partial charge in [-0.1, -0.05) is 12.1 Å². The number of benzene rings is 1. The van der Waals surface area contributed by atoms with E-state index < -0.39 is 11.9 Å². The van der Waals surface area contributed by atoms with E-state index in [0.29, 0.717) is 18.5 Å². The first-order valence-electron chi connectivity index (χ1n) is 7.03. The smallest absolute Gasteiger partial charge is 0.308 e. The van der Waals surface area contributed by atoms with Crippen LogP contribution in [0.4, 0.5) is 0 Å². The third kappa shape index (κ3) is 3.72. The minimum atomic E-state index is -0.857. The van der Waals surface area contributed by atoms with E-state index in [1.54, 1.807) is 37.4 Å². The van der Waals surface area contributed by atoms with Crippen molar-refractivity contribution in [2.24, 2.45) is 5.92 Å². The normalized spacial score (nSPS) is 17.7. The van der Waals surface area contributed by atoms with Crippen molar-refractivity contribution in [1.29, 1.82) is 0 Å². The molecule has 6 heteroatoms. The van der Waals surface area contributed by atoms with Crippen LogP contribution in [-0.4, -0.2) is 47.9 Å². The summed E-state index contributed by atoms with van der Waals surface area (Å²) < 4.78 is 0. The van der Waals surface area contributed by atoms with Crippen LogP contribution in [0, 0.1) is 5.92 Å². The average Bonchev–Trinajstić information content (AvgIpc) is 3.02. The van der Waals surface area contributed by atoms with E-state index in [4.69, 9.17) is 5.11 Å². The Kier molecular flexibility index (Phi) is 4.93. The summed E-state index contributed by atoms with van der Waals surface area (Å²) in [6.07, 6.45) is 3.58. The molecule has 1 saturated heterocycles. The van der Waals surface area contributed by atoms with Crippen LogP contribution in [0.15, 0.2) is 30.3 Å². The number of hydrogen-bond acceptors (Lipinski definition) is 3. The number of nitrogens with zero attached hydrogens (tertiary/aromatic N) is 1. The topological polar surface area (TPSA) is 86.7 Å². The molecular formula is C16H18N2O4. The predicted octanol–water partition coefficient (Wildman–Crippen LogP) is 0.992. The lowest BCUT2D eigenvalue weighted by atomic mass is 10.1. The number of aliphatic carboxylic acids is 1. The van der Waals surface area contributed by atoms with Gasteiger partial charge in [-0.25, -0.2) is 0 Å². The van der Waals surface area contributed by atoms with Crippen molar-refractivity contribution >= 4 is 23.9 Å². The van der Waals surface area contributed by atoms with Gasteiger partial charge in [0.15, 0.2) is 0 Å². The third-order valence-corrected chi connectivity index (χ3v) is 3.67. The van der Waals surface area contributed by atoms with E-state index in [1.807, 2.05) is 0 Å². The summed E-state index contributed by atoms with van der Waals surface area (Å²) >= 11 is 0. The molecule has 6 nitrogen and oxygen atoms in total. The number of carboxylic acid groups (broad SMARTS) is 1. The van der Waals surface area contributed by atoms with Crippen LogP contribution in [0.3, 0.4) is 0 Å². The van der Waals surface area contributed by atoms with Gasteiger partial charge in [-0.2, -0.15) is 0 Å². The Hall–Kier alpha value is -2.63. The molecule has 0 bridgehead atoms. The maximum absolute atomic E-state index is 12.0. The van der Waals surface area contributed by atoms with E-state index in [2.05, 4.69) is 5.32 Å². The van der Waals surface area contributed by atoms with Gasteiger partial charge in [0.2, 0.25) is 5.91 Å². The van der Waals surface area contributed by atoms with Crippen LogP contribution in [-0.2, 0) is 9.59 Å². The van der Waals surface area contributed by atoms with Gasteiger partial charge in [0.1, 0.15) is 0 Å². The average molecular weight is 302 g/mol. The summed E-state index contributed by atoms with van der Waals surface area (Å²) in [6.45, 7) is 0.726. The Morgan fingerprint density at radius 3 is 2.50 bits per heavy atom. The highest BCUT2D eigenvalue weighted by atomic mass is 16.4. The summed E-state index contributed by atoms with van der Waals surface area (Å²) in [5.41, 5.74) is 1.35. The van der Waals surface area contributed by atoms with Crippen LogP contribution in [0.5, 0.6) is 0 Å². The number of amides is 2. The van der Waals surface area contributed by atoms with E-state index in [9.17, 15) is 14.4 Å².